The number of fused-ring (bicyclic) bond motifs is 1. The van der Waals surface area contributed by atoms with E-state index in [4.69, 9.17) is 9.47 Å². The van der Waals surface area contributed by atoms with E-state index in [0.717, 1.165) is 0 Å². The Balaban J connectivity index is 1.72. The fourth-order valence-electron chi connectivity index (χ4n) is 3.31. The third kappa shape index (κ3) is 4.37. The van der Waals surface area contributed by atoms with Crippen LogP contribution in [0.3, 0.4) is 0 Å². The Bertz CT molecular complexity index is 1400. The number of nitro groups is 1. The van der Waals surface area contributed by atoms with Gasteiger partial charge in [0.05, 0.1) is 23.7 Å². The Morgan fingerprint density at radius 3 is 2.35 bits per heavy atom. The van der Waals surface area contributed by atoms with Crippen LogP contribution in [0.15, 0.2) is 72.8 Å². The van der Waals surface area contributed by atoms with Crippen molar-refractivity contribution in [2.75, 3.05) is 7.11 Å². The predicted molar refractivity (Wildman–Crippen MR) is 119 cm³/mol. The molecule has 0 unspecified atom stereocenters. The Kier molecular flexibility index (Phi) is 6.13. The van der Waals surface area contributed by atoms with Gasteiger partial charge in [-0.15, -0.1) is 0 Å². The van der Waals surface area contributed by atoms with E-state index in [1.165, 1.54) is 37.4 Å². The summed E-state index contributed by atoms with van der Waals surface area (Å²) in [5, 5.41) is 24.0. The standard InChI is InChI=1S/C24H17N3O7/c1-33-18-11-12-19-21(13-18)26(30)22(23(28)15-5-3-2-4-6-15)20(25-19)14-34-24(29)16-7-9-17(10-8-16)27(31)32/h2-13H,14H2,1H3. The molecule has 0 fully saturated rings. The Labute approximate surface area is 192 Å². The van der Waals surface area contributed by atoms with E-state index in [2.05, 4.69) is 4.98 Å². The van der Waals surface area contributed by atoms with E-state index in [1.54, 1.807) is 42.5 Å². The van der Waals surface area contributed by atoms with Gasteiger partial charge in [0.1, 0.15) is 17.9 Å². The van der Waals surface area contributed by atoms with Gasteiger partial charge in [0, 0.05) is 17.7 Å². The molecule has 170 valence electrons. The topological polar surface area (TPSA) is 136 Å². The van der Waals surface area contributed by atoms with Crippen LogP contribution in [0.4, 0.5) is 5.69 Å². The van der Waals surface area contributed by atoms with E-state index < -0.39 is 23.3 Å². The molecule has 34 heavy (non-hydrogen) atoms. The zero-order valence-electron chi connectivity index (χ0n) is 17.8. The molecule has 0 amide bonds. The van der Waals surface area contributed by atoms with Crippen molar-refractivity contribution in [1.82, 2.24) is 4.98 Å². The van der Waals surface area contributed by atoms with Gasteiger partial charge in [0.25, 0.3) is 17.2 Å². The third-order valence-electron chi connectivity index (χ3n) is 5.04. The summed E-state index contributed by atoms with van der Waals surface area (Å²) in [6.07, 6.45) is 0. The minimum Gasteiger partial charge on any atom is -0.618 e. The fraction of sp³-hybridized carbons (Fsp3) is 0.0833. The molecule has 0 atom stereocenters. The molecular weight excluding hydrogens is 442 g/mol. The molecule has 4 aromatic rings. The quantitative estimate of drug-likeness (QED) is 0.102. The first-order valence-electron chi connectivity index (χ1n) is 10.0. The summed E-state index contributed by atoms with van der Waals surface area (Å²) < 4.78 is 10.9. The number of hydrogen-bond acceptors (Lipinski definition) is 8. The average Bonchev–Trinajstić information content (AvgIpc) is 2.87. The molecule has 1 aromatic heterocycles. The summed E-state index contributed by atoms with van der Waals surface area (Å²) in [4.78, 5) is 40.3. The van der Waals surface area contributed by atoms with Gasteiger partial charge in [0.15, 0.2) is 5.69 Å². The van der Waals surface area contributed by atoms with Crippen molar-refractivity contribution in [2.45, 2.75) is 6.61 Å². The van der Waals surface area contributed by atoms with Gasteiger partial charge in [-0.25, -0.2) is 9.78 Å². The number of non-ortho nitro benzene ring substituents is 1. The van der Waals surface area contributed by atoms with E-state index in [9.17, 15) is 24.9 Å². The van der Waals surface area contributed by atoms with Crippen LogP contribution in [0.1, 0.15) is 32.1 Å². The molecule has 3 aromatic carbocycles. The van der Waals surface area contributed by atoms with Crippen LogP contribution < -0.4 is 9.47 Å². The predicted octanol–water partition coefficient (Wildman–Crippen LogP) is 3.37. The Morgan fingerprint density at radius 2 is 1.71 bits per heavy atom. The first-order chi connectivity index (χ1) is 16.4. The van der Waals surface area contributed by atoms with Crippen LogP contribution in [0.5, 0.6) is 5.75 Å². The highest BCUT2D eigenvalue weighted by Crippen LogP contribution is 2.21. The van der Waals surface area contributed by atoms with Crippen molar-refractivity contribution < 1.29 is 28.7 Å². The van der Waals surface area contributed by atoms with Gasteiger partial charge >= 0.3 is 5.97 Å². The van der Waals surface area contributed by atoms with Gasteiger partial charge in [0.2, 0.25) is 5.52 Å². The Morgan fingerprint density at radius 1 is 1.00 bits per heavy atom. The molecule has 10 nitrogen and oxygen atoms in total. The summed E-state index contributed by atoms with van der Waals surface area (Å²) >= 11 is 0. The number of esters is 1. The van der Waals surface area contributed by atoms with Gasteiger partial charge in [-0.3, -0.25) is 14.9 Å². The number of carbonyl (C=O) groups excluding carboxylic acids is 2. The molecule has 4 rings (SSSR count). The van der Waals surface area contributed by atoms with E-state index in [1.807, 2.05) is 0 Å². The smallest absolute Gasteiger partial charge is 0.338 e. The molecule has 0 saturated carbocycles. The largest absolute Gasteiger partial charge is 0.618 e. The molecule has 0 radical (unpaired) electrons. The summed E-state index contributed by atoms with van der Waals surface area (Å²) in [6.45, 7) is -0.464. The van der Waals surface area contributed by atoms with Crippen LogP contribution in [0, 0.1) is 15.3 Å². The van der Waals surface area contributed by atoms with Gasteiger partial charge < -0.3 is 14.7 Å². The number of aromatic nitrogens is 2. The maximum atomic E-state index is 13.2. The lowest BCUT2D eigenvalue weighted by molar-refractivity contribution is -0.580. The molecule has 0 bridgehead atoms. The first-order valence-corrected chi connectivity index (χ1v) is 10.0. The van der Waals surface area contributed by atoms with Crippen LogP contribution >= 0.6 is 0 Å². The molecule has 0 N–H and O–H groups in total. The van der Waals surface area contributed by atoms with Crippen molar-refractivity contribution in [3.63, 3.8) is 0 Å². The van der Waals surface area contributed by atoms with Crippen LogP contribution in [-0.2, 0) is 11.3 Å². The third-order valence-corrected chi connectivity index (χ3v) is 5.04. The minimum atomic E-state index is -0.790. The van der Waals surface area contributed by atoms with Crippen molar-refractivity contribution in [3.8, 4) is 5.75 Å². The van der Waals surface area contributed by atoms with Crippen molar-refractivity contribution in [1.29, 1.82) is 0 Å². The number of rotatable bonds is 7. The van der Waals surface area contributed by atoms with Crippen molar-refractivity contribution in [3.05, 3.63) is 111 Å². The van der Waals surface area contributed by atoms with Gasteiger partial charge in [-0.2, -0.15) is 4.73 Å². The lowest BCUT2D eigenvalue weighted by Crippen LogP contribution is -2.38. The molecule has 1 heterocycles. The summed E-state index contributed by atoms with van der Waals surface area (Å²) in [5.41, 5.74) is 0.235. The number of ketones is 1. The summed E-state index contributed by atoms with van der Waals surface area (Å²) in [5.74, 6) is -0.967. The average molecular weight is 459 g/mol. The highest BCUT2D eigenvalue weighted by Gasteiger charge is 2.28. The van der Waals surface area contributed by atoms with Gasteiger partial charge in [-0.1, -0.05) is 30.3 Å². The highest BCUT2D eigenvalue weighted by molar-refractivity contribution is 6.07. The number of benzene rings is 3. The second-order valence-corrected chi connectivity index (χ2v) is 7.13. The molecule has 0 aliphatic rings. The van der Waals surface area contributed by atoms with Crippen LogP contribution in [0.2, 0.25) is 0 Å². The maximum Gasteiger partial charge on any atom is 0.338 e. The molecule has 10 heteroatoms. The maximum absolute atomic E-state index is 13.2. The molecule has 0 spiro atoms. The minimum absolute atomic E-state index is 0.0308. The number of ether oxygens (including phenoxy) is 2. The van der Waals surface area contributed by atoms with Gasteiger partial charge in [-0.05, 0) is 24.3 Å². The molecular formula is C24H17N3O7. The number of hydrogen-bond donors (Lipinski definition) is 0. The lowest BCUT2D eigenvalue weighted by atomic mass is 10.1. The summed E-state index contributed by atoms with van der Waals surface area (Å²) in [7, 11) is 1.45. The van der Waals surface area contributed by atoms with E-state index >= 15 is 0 Å². The SMILES string of the molecule is COc1ccc2nc(COC(=O)c3ccc([N+](=O)[O-])cc3)c(C(=O)c3ccccc3)[n+]([O-])c2c1. The zero-order chi connectivity index (χ0) is 24.2. The van der Waals surface area contributed by atoms with Crippen molar-refractivity contribution >= 4 is 28.5 Å². The second kappa shape index (κ2) is 9.33. The number of nitrogens with zero attached hydrogens (tertiary/aromatic N) is 3. The van der Waals surface area contributed by atoms with E-state index in [-0.39, 0.29) is 39.2 Å². The summed E-state index contributed by atoms with van der Waals surface area (Å²) in [6, 6.07) is 17.7. The highest BCUT2D eigenvalue weighted by atomic mass is 16.6. The monoisotopic (exact) mass is 459 g/mol. The molecule has 0 aliphatic carbocycles. The zero-order valence-corrected chi connectivity index (χ0v) is 17.8. The Hall–Kier alpha value is -4.86. The number of methoxy groups -OCH3 is 1. The second-order valence-electron chi connectivity index (χ2n) is 7.13. The number of nitro benzene ring substituents is 1. The van der Waals surface area contributed by atoms with Crippen LogP contribution in [-0.4, -0.2) is 28.8 Å². The number of carbonyl (C=O) groups is 2. The first kappa shape index (κ1) is 22.3. The molecule has 0 aliphatic heterocycles. The van der Waals surface area contributed by atoms with Crippen LogP contribution in [0.25, 0.3) is 11.0 Å². The normalized spacial score (nSPS) is 10.6. The van der Waals surface area contributed by atoms with Crippen molar-refractivity contribution in [2.24, 2.45) is 0 Å². The fourth-order valence-corrected chi connectivity index (χ4v) is 3.31. The van der Waals surface area contributed by atoms with E-state index in [0.29, 0.717) is 10.5 Å². The molecule has 0 saturated heterocycles. The lowest BCUT2D eigenvalue weighted by Gasteiger charge is -2.12.